The molecule has 0 spiro atoms. The van der Waals surface area contributed by atoms with Gasteiger partial charge < -0.3 is 15.0 Å². The van der Waals surface area contributed by atoms with Crippen LogP contribution in [-0.4, -0.2) is 42.0 Å². The number of nitrogens with zero attached hydrogens (tertiary/aromatic N) is 2. The number of carbonyl (C=O) groups excluding carboxylic acids is 1. The van der Waals surface area contributed by atoms with Crippen LogP contribution in [0.25, 0.3) is 0 Å². The summed E-state index contributed by atoms with van der Waals surface area (Å²) in [4.78, 5) is 18.9. The van der Waals surface area contributed by atoms with Gasteiger partial charge in [0.05, 0.1) is 12.1 Å². The molecule has 1 atom stereocenters. The van der Waals surface area contributed by atoms with Crippen molar-refractivity contribution in [2.45, 2.75) is 31.9 Å². The number of carbonyl (C=O) groups is 1. The predicted octanol–water partition coefficient (Wildman–Crippen LogP) is 3.97. The number of hydrogen-bond acceptors (Lipinski definition) is 5. The molecule has 0 bridgehead atoms. The molecule has 150 valence electrons. The lowest BCUT2D eigenvalue weighted by Gasteiger charge is -2.32. The van der Waals surface area contributed by atoms with Crippen LogP contribution >= 0.6 is 47.8 Å². The molecular weight excluding hydrogens is 429 g/mol. The van der Waals surface area contributed by atoms with Gasteiger partial charge in [0.2, 0.25) is 5.91 Å². The standard InChI is InChI=1S/C18H22ClN3O2S.2ClH/c1-20-14-3-2-8-22(10-14)18(23)9-15-12-25-17(21-15)11-24-16-6-4-13(19)5-7-16;;/h4-7,12,14,20H,2-3,8-11H2,1H3;2*1H. The zero-order valence-corrected chi connectivity index (χ0v) is 18.2. The number of ether oxygens (including phenoxy) is 1. The fourth-order valence-corrected chi connectivity index (χ4v) is 3.71. The molecule has 2 aromatic rings. The minimum absolute atomic E-state index is 0. The quantitative estimate of drug-likeness (QED) is 0.720. The molecule has 1 fully saturated rings. The van der Waals surface area contributed by atoms with Crippen molar-refractivity contribution in [3.63, 3.8) is 0 Å². The van der Waals surface area contributed by atoms with Gasteiger partial charge in [0.15, 0.2) is 0 Å². The van der Waals surface area contributed by atoms with Crippen LogP contribution in [0, 0.1) is 0 Å². The zero-order chi connectivity index (χ0) is 17.6. The molecule has 0 radical (unpaired) electrons. The van der Waals surface area contributed by atoms with E-state index in [9.17, 15) is 4.79 Å². The van der Waals surface area contributed by atoms with Crippen molar-refractivity contribution in [3.8, 4) is 5.75 Å². The Bertz CT molecular complexity index is 712. The monoisotopic (exact) mass is 451 g/mol. The molecule has 5 nitrogen and oxygen atoms in total. The van der Waals surface area contributed by atoms with E-state index in [4.69, 9.17) is 16.3 Å². The van der Waals surface area contributed by atoms with Gasteiger partial charge in [-0.2, -0.15) is 0 Å². The normalized spacial score (nSPS) is 16.2. The Hall–Kier alpha value is -1.05. The highest BCUT2D eigenvalue weighted by Gasteiger charge is 2.23. The van der Waals surface area contributed by atoms with Crippen LogP contribution in [0.15, 0.2) is 29.6 Å². The van der Waals surface area contributed by atoms with Crippen LogP contribution in [0.3, 0.4) is 0 Å². The second-order valence-corrected chi connectivity index (χ2v) is 7.50. The highest BCUT2D eigenvalue weighted by Crippen LogP contribution is 2.19. The largest absolute Gasteiger partial charge is 0.486 e. The van der Waals surface area contributed by atoms with Gasteiger partial charge in [-0.3, -0.25) is 4.79 Å². The van der Waals surface area contributed by atoms with Crippen LogP contribution in [0.2, 0.25) is 5.02 Å². The van der Waals surface area contributed by atoms with E-state index in [0.29, 0.717) is 24.1 Å². The smallest absolute Gasteiger partial charge is 0.228 e. The lowest BCUT2D eigenvalue weighted by atomic mass is 10.1. The number of likely N-dealkylation sites (tertiary alicyclic amines) is 1. The second kappa shape index (κ2) is 11.7. The lowest BCUT2D eigenvalue weighted by molar-refractivity contribution is -0.131. The van der Waals surface area contributed by atoms with Gasteiger partial charge >= 0.3 is 0 Å². The fourth-order valence-electron chi connectivity index (χ4n) is 2.88. The molecule has 0 saturated carbocycles. The topological polar surface area (TPSA) is 54.5 Å². The maximum absolute atomic E-state index is 12.5. The Morgan fingerprint density at radius 2 is 2.11 bits per heavy atom. The van der Waals surface area contributed by atoms with Crippen molar-refractivity contribution in [2.24, 2.45) is 0 Å². The minimum atomic E-state index is 0. The van der Waals surface area contributed by atoms with E-state index in [-0.39, 0.29) is 30.7 Å². The van der Waals surface area contributed by atoms with Gasteiger partial charge in [-0.25, -0.2) is 4.98 Å². The first-order valence-corrected chi connectivity index (χ1v) is 9.66. The molecule has 1 amide bonds. The van der Waals surface area contributed by atoms with Gasteiger partial charge in [0.1, 0.15) is 17.4 Å². The summed E-state index contributed by atoms with van der Waals surface area (Å²) < 4.78 is 5.70. The van der Waals surface area contributed by atoms with Gasteiger partial charge in [0.25, 0.3) is 0 Å². The zero-order valence-electron chi connectivity index (χ0n) is 15.0. The third kappa shape index (κ3) is 7.12. The van der Waals surface area contributed by atoms with Crippen LogP contribution in [0.4, 0.5) is 0 Å². The van der Waals surface area contributed by atoms with Gasteiger partial charge in [0, 0.05) is 29.5 Å². The van der Waals surface area contributed by atoms with E-state index in [1.165, 1.54) is 11.3 Å². The summed E-state index contributed by atoms with van der Waals surface area (Å²) in [5, 5.41) is 6.75. The number of hydrogen-bond donors (Lipinski definition) is 1. The number of nitrogens with one attached hydrogen (secondary N) is 1. The van der Waals surface area contributed by atoms with Gasteiger partial charge in [-0.15, -0.1) is 36.2 Å². The first-order chi connectivity index (χ1) is 12.1. The summed E-state index contributed by atoms with van der Waals surface area (Å²) in [6, 6.07) is 7.64. The van der Waals surface area contributed by atoms with Gasteiger partial charge in [-0.05, 0) is 44.2 Å². The van der Waals surface area contributed by atoms with Crippen molar-refractivity contribution < 1.29 is 9.53 Å². The number of aromatic nitrogens is 1. The molecule has 3 rings (SSSR count). The molecule has 27 heavy (non-hydrogen) atoms. The summed E-state index contributed by atoms with van der Waals surface area (Å²) >= 11 is 7.38. The van der Waals surface area contributed by atoms with Crippen molar-refractivity contribution in [3.05, 3.63) is 45.4 Å². The number of halogens is 3. The molecule has 9 heteroatoms. The first kappa shape index (κ1) is 24.0. The highest BCUT2D eigenvalue weighted by molar-refractivity contribution is 7.09. The average molecular weight is 453 g/mol. The third-order valence-electron chi connectivity index (χ3n) is 4.29. The average Bonchev–Trinajstić information content (AvgIpc) is 3.08. The molecule has 2 heterocycles. The number of piperidine rings is 1. The predicted molar refractivity (Wildman–Crippen MR) is 115 cm³/mol. The Kier molecular flexibility index (Phi) is 10.4. The van der Waals surface area contributed by atoms with E-state index in [1.54, 1.807) is 12.1 Å². The minimum Gasteiger partial charge on any atom is -0.486 e. The van der Waals surface area contributed by atoms with E-state index in [0.717, 1.165) is 42.4 Å². The number of thiazole rings is 1. The number of benzene rings is 1. The summed E-state index contributed by atoms with van der Waals surface area (Å²) in [5.74, 6) is 0.902. The summed E-state index contributed by atoms with van der Waals surface area (Å²) in [6.45, 7) is 2.02. The van der Waals surface area contributed by atoms with Crippen molar-refractivity contribution >= 4 is 53.7 Å². The Balaban J connectivity index is 0.00000182. The van der Waals surface area contributed by atoms with E-state index >= 15 is 0 Å². The highest BCUT2D eigenvalue weighted by atomic mass is 35.5. The summed E-state index contributed by atoms with van der Waals surface area (Å²) in [5.41, 5.74) is 0.816. The molecule has 1 aliphatic heterocycles. The van der Waals surface area contributed by atoms with Crippen molar-refractivity contribution in [2.75, 3.05) is 20.1 Å². The van der Waals surface area contributed by atoms with E-state index in [1.807, 2.05) is 29.5 Å². The maximum Gasteiger partial charge on any atom is 0.228 e. The Morgan fingerprint density at radius 1 is 1.37 bits per heavy atom. The molecule has 0 aliphatic carbocycles. The molecule has 1 N–H and O–H groups in total. The lowest BCUT2D eigenvalue weighted by Crippen LogP contribution is -2.47. The SMILES string of the molecule is CNC1CCCN(C(=O)Cc2csc(COc3ccc(Cl)cc3)n2)C1.Cl.Cl. The summed E-state index contributed by atoms with van der Waals surface area (Å²) in [6.07, 6.45) is 2.53. The Labute approximate surface area is 181 Å². The van der Waals surface area contributed by atoms with E-state index in [2.05, 4.69) is 10.3 Å². The van der Waals surface area contributed by atoms with Crippen LogP contribution in [0.1, 0.15) is 23.5 Å². The summed E-state index contributed by atoms with van der Waals surface area (Å²) in [7, 11) is 1.95. The third-order valence-corrected chi connectivity index (χ3v) is 5.41. The van der Waals surface area contributed by atoms with Crippen molar-refractivity contribution in [1.29, 1.82) is 0 Å². The molecule has 1 aliphatic rings. The van der Waals surface area contributed by atoms with Crippen LogP contribution in [-0.2, 0) is 17.8 Å². The molecule has 1 aromatic carbocycles. The van der Waals surface area contributed by atoms with Crippen molar-refractivity contribution in [1.82, 2.24) is 15.2 Å². The Morgan fingerprint density at radius 3 is 2.81 bits per heavy atom. The number of rotatable bonds is 6. The number of likely N-dealkylation sites (N-methyl/N-ethyl adjacent to an activating group) is 1. The van der Waals surface area contributed by atoms with Crippen LogP contribution in [0.5, 0.6) is 5.75 Å². The molecular formula is C18H24Cl3N3O2S. The fraction of sp³-hybridized carbons (Fsp3) is 0.444. The first-order valence-electron chi connectivity index (χ1n) is 8.40. The van der Waals surface area contributed by atoms with E-state index < -0.39 is 0 Å². The second-order valence-electron chi connectivity index (χ2n) is 6.12. The molecule has 1 aromatic heterocycles. The maximum atomic E-state index is 12.5. The van der Waals surface area contributed by atoms with Gasteiger partial charge in [-0.1, -0.05) is 11.6 Å². The molecule has 1 unspecified atom stereocenters. The van der Waals surface area contributed by atoms with Crippen LogP contribution < -0.4 is 10.1 Å². The number of amides is 1. The molecule has 1 saturated heterocycles.